The van der Waals surface area contributed by atoms with Gasteiger partial charge in [0, 0.05) is 13.2 Å². The molecule has 0 spiro atoms. The van der Waals surface area contributed by atoms with Crippen LogP contribution in [0.3, 0.4) is 0 Å². The van der Waals surface area contributed by atoms with Crippen LogP contribution < -0.4 is 9.47 Å². The molecule has 1 unspecified atom stereocenters. The number of aromatic nitrogens is 2. The highest BCUT2D eigenvalue weighted by molar-refractivity contribution is 5.48. The quantitative estimate of drug-likeness (QED) is 0.891. The Morgan fingerprint density at radius 2 is 1.78 bits per heavy atom. The van der Waals surface area contributed by atoms with Crippen molar-refractivity contribution >= 4 is 0 Å². The molecule has 1 aromatic heterocycles. The SMILES string of the molecule is COc1cccc(OC)c1C(O)c1ccn(C)n1. The Kier molecular flexibility index (Phi) is 3.53. The van der Waals surface area contributed by atoms with Crippen LogP contribution in [0.25, 0.3) is 0 Å². The fourth-order valence-corrected chi connectivity index (χ4v) is 1.88. The van der Waals surface area contributed by atoms with Gasteiger partial charge < -0.3 is 14.6 Å². The molecule has 96 valence electrons. The summed E-state index contributed by atoms with van der Waals surface area (Å²) in [6.45, 7) is 0. The van der Waals surface area contributed by atoms with Gasteiger partial charge in [-0.2, -0.15) is 5.10 Å². The van der Waals surface area contributed by atoms with E-state index in [1.54, 1.807) is 50.3 Å². The molecule has 0 aliphatic carbocycles. The largest absolute Gasteiger partial charge is 0.496 e. The molecular weight excluding hydrogens is 232 g/mol. The first-order valence-corrected chi connectivity index (χ1v) is 5.56. The van der Waals surface area contributed by atoms with Crippen LogP contribution >= 0.6 is 0 Å². The fraction of sp³-hybridized carbons (Fsp3) is 0.308. The van der Waals surface area contributed by atoms with Gasteiger partial charge in [-0.1, -0.05) is 6.07 Å². The summed E-state index contributed by atoms with van der Waals surface area (Å²) >= 11 is 0. The highest BCUT2D eigenvalue weighted by Crippen LogP contribution is 2.36. The molecule has 1 N–H and O–H groups in total. The Bertz CT molecular complexity index is 515. The molecular formula is C13H16N2O3. The van der Waals surface area contributed by atoms with Crippen LogP contribution in [-0.2, 0) is 7.05 Å². The van der Waals surface area contributed by atoms with Gasteiger partial charge in [0.25, 0.3) is 0 Å². The third kappa shape index (κ3) is 2.17. The molecule has 2 aromatic rings. The normalized spacial score (nSPS) is 12.2. The van der Waals surface area contributed by atoms with Crippen LogP contribution in [0.4, 0.5) is 0 Å². The molecule has 0 radical (unpaired) electrons. The summed E-state index contributed by atoms with van der Waals surface area (Å²) in [7, 11) is 4.92. The molecule has 0 amide bonds. The number of methoxy groups -OCH3 is 2. The molecule has 0 fully saturated rings. The maximum atomic E-state index is 10.4. The van der Waals surface area contributed by atoms with Crippen molar-refractivity contribution in [3.8, 4) is 11.5 Å². The summed E-state index contributed by atoms with van der Waals surface area (Å²) in [4.78, 5) is 0. The van der Waals surface area contributed by atoms with Crippen LogP contribution in [0.5, 0.6) is 11.5 Å². The molecule has 0 saturated carbocycles. The summed E-state index contributed by atoms with van der Waals surface area (Å²) in [5, 5.41) is 14.6. The van der Waals surface area contributed by atoms with Crippen molar-refractivity contribution in [1.29, 1.82) is 0 Å². The van der Waals surface area contributed by atoms with Crippen molar-refractivity contribution in [2.75, 3.05) is 14.2 Å². The van der Waals surface area contributed by atoms with E-state index in [1.807, 2.05) is 6.07 Å². The predicted molar refractivity (Wildman–Crippen MR) is 66.8 cm³/mol. The maximum Gasteiger partial charge on any atom is 0.130 e. The second-order valence-electron chi connectivity index (χ2n) is 3.89. The van der Waals surface area contributed by atoms with Crippen LogP contribution in [0.1, 0.15) is 17.4 Å². The number of aliphatic hydroxyl groups excluding tert-OH is 1. The summed E-state index contributed by atoms with van der Waals surface area (Å²) in [5.41, 5.74) is 1.14. The molecule has 0 aliphatic rings. The van der Waals surface area contributed by atoms with E-state index in [0.29, 0.717) is 22.8 Å². The van der Waals surface area contributed by atoms with E-state index in [-0.39, 0.29) is 0 Å². The van der Waals surface area contributed by atoms with E-state index in [9.17, 15) is 5.11 Å². The Labute approximate surface area is 106 Å². The number of aliphatic hydroxyl groups is 1. The van der Waals surface area contributed by atoms with Crippen molar-refractivity contribution in [3.05, 3.63) is 41.7 Å². The van der Waals surface area contributed by atoms with Crippen molar-refractivity contribution in [2.24, 2.45) is 7.05 Å². The Morgan fingerprint density at radius 3 is 2.22 bits per heavy atom. The zero-order chi connectivity index (χ0) is 13.1. The number of benzene rings is 1. The number of aryl methyl sites for hydroxylation is 1. The first-order valence-electron chi connectivity index (χ1n) is 5.56. The van der Waals surface area contributed by atoms with Crippen molar-refractivity contribution in [3.63, 3.8) is 0 Å². The monoisotopic (exact) mass is 248 g/mol. The van der Waals surface area contributed by atoms with Crippen molar-refractivity contribution < 1.29 is 14.6 Å². The second kappa shape index (κ2) is 5.10. The zero-order valence-electron chi connectivity index (χ0n) is 10.6. The Morgan fingerprint density at radius 1 is 1.17 bits per heavy atom. The highest BCUT2D eigenvalue weighted by Gasteiger charge is 2.22. The van der Waals surface area contributed by atoms with E-state index >= 15 is 0 Å². The molecule has 2 rings (SSSR count). The van der Waals surface area contributed by atoms with E-state index in [1.165, 1.54) is 0 Å². The number of hydrogen-bond acceptors (Lipinski definition) is 4. The lowest BCUT2D eigenvalue weighted by atomic mass is 10.0. The summed E-state index contributed by atoms with van der Waals surface area (Å²) in [5.74, 6) is 1.15. The van der Waals surface area contributed by atoms with Gasteiger partial charge in [-0.15, -0.1) is 0 Å². The lowest BCUT2D eigenvalue weighted by molar-refractivity contribution is 0.203. The van der Waals surface area contributed by atoms with Gasteiger partial charge in [0.05, 0.1) is 25.5 Å². The Hall–Kier alpha value is -2.01. The van der Waals surface area contributed by atoms with Gasteiger partial charge in [0.15, 0.2) is 0 Å². The average Bonchev–Trinajstić information content (AvgIpc) is 2.83. The molecule has 0 aliphatic heterocycles. The van der Waals surface area contributed by atoms with Crippen LogP contribution in [-0.4, -0.2) is 29.1 Å². The lowest BCUT2D eigenvalue weighted by Gasteiger charge is -2.16. The van der Waals surface area contributed by atoms with E-state index in [4.69, 9.17) is 9.47 Å². The van der Waals surface area contributed by atoms with Gasteiger partial charge in [-0.25, -0.2) is 0 Å². The summed E-state index contributed by atoms with van der Waals surface area (Å²) in [6, 6.07) is 7.14. The minimum Gasteiger partial charge on any atom is -0.496 e. The number of ether oxygens (including phenoxy) is 2. The molecule has 1 aromatic carbocycles. The molecule has 1 heterocycles. The van der Waals surface area contributed by atoms with Crippen molar-refractivity contribution in [2.45, 2.75) is 6.10 Å². The average molecular weight is 248 g/mol. The minimum atomic E-state index is -0.878. The molecule has 18 heavy (non-hydrogen) atoms. The molecule has 0 saturated heterocycles. The van der Waals surface area contributed by atoms with Crippen LogP contribution in [0.15, 0.2) is 30.5 Å². The van der Waals surface area contributed by atoms with E-state index in [0.717, 1.165) is 0 Å². The fourth-order valence-electron chi connectivity index (χ4n) is 1.88. The topological polar surface area (TPSA) is 56.5 Å². The zero-order valence-corrected chi connectivity index (χ0v) is 10.6. The smallest absolute Gasteiger partial charge is 0.130 e. The molecule has 0 bridgehead atoms. The first kappa shape index (κ1) is 12.4. The number of hydrogen-bond donors (Lipinski definition) is 1. The Balaban J connectivity index is 2.48. The third-order valence-electron chi connectivity index (χ3n) is 2.75. The lowest BCUT2D eigenvalue weighted by Crippen LogP contribution is -2.06. The molecule has 5 nitrogen and oxygen atoms in total. The number of rotatable bonds is 4. The van der Waals surface area contributed by atoms with Crippen molar-refractivity contribution in [1.82, 2.24) is 9.78 Å². The number of nitrogens with zero attached hydrogens (tertiary/aromatic N) is 2. The third-order valence-corrected chi connectivity index (χ3v) is 2.75. The van der Waals surface area contributed by atoms with Gasteiger partial charge in [-0.3, -0.25) is 4.68 Å². The molecule has 1 atom stereocenters. The van der Waals surface area contributed by atoms with Gasteiger partial charge in [0.2, 0.25) is 0 Å². The summed E-state index contributed by atoms with van der Waals surface area (Å²) < 4.78 is 12.2. The highest BCUT2D eigenvalue weighted by atomic mass is 16.5. The molecule has 5 heteroatoms. The predicted octanol–water partition coefficient (Wildman–Crippen LogP) is 1.52. The second-order valence-corrected chi connectivity index (χ2v) is 3.89. The van der Waals surface area contributed by atoms with Gasteiger partial charge >= 0.3 is 0 Å². The van der Waals surface area contributed by atoms with E-state index in [2.05, 4.69) is 5.10 Å². The van der Waals surface area contributed by atoms with E-state index < -0.39 is 6.10 Å². The summed E-state index contributed by atoms with van der Waals surface area (Å²) in [6.07, 6.45) is 0.901. The van der Waals surface area contributed by atoms with Crippen LogP contribution in [0.2, 0.25) is 0 Å². The first-order chi connectivity index (χ1) is 8.67. The van der Waals surface area contributed by atoms with Crippen LogP contribution in [0, 0.1) is 0 Å². The minimum absolute atomic E-state index is 0.556. The standard InChI is InChI=1S/C13H16N2O3/c1-15-8-7-9(14-15)13(16)12-10(17-2)5-4-6-11(12)18-3/h4-8,13,16H,1-3H3. The maximum absolute atomic E-state index is 10.4. The van der Waals surface area contributed by atoms with Gasteiger partial charge in [-0.05, 0) is 18.2 Å². The van der Waals surface area contributed by atoms with Gasteiger partial charge in [0.1, 0.15) is 17.6 Å².